The first-order valence-electron chi connectivity index (χ1n) is 24.1. The Bertz CT molecular complexity index is 4730. The zero-order valence-corrected chi connectivity index (χ0v) is 37.5. The molecule has 70 heavy (non-hydrogen) atoms. The van der Waals surface area contributed by atoms with Gasteiger partial charge < -0.3 is 17.6 Å². The summed E-state index contributed by atoms with van der Waals surface area (Å²) in [7, 11) is 0. The summed E-state index contributed by atoms with van der Waals surface area (Å²) in [5.41, 5.74) is 20.6. The molecule has 0 saturated carbocycles. The van der Waals surface area contributed by atoms with Crippen molar-refractivity contribution in [2.75, 3.05) is 0 Å². The third-order valence-electron chi connectivity index (χ3n) is 15.6. The van der Waals surface area contributed by atoms with Gasteiger partial charge in [0.15, 0.2) is 0 Å². The van der Waals surface area contributed by atoms with E-state index in [0.29, 0.717) is 0 Å². The lowest BCUT2D eigenvalue weighted by atomic mass is 9.89. The van der Waals surface area contributed by atoms with E-state index in [-0.39, 0.29) is 0 Å². The van der Waals surface area contributed by atoms with Gasteiger partial charge in [-0.2, -0.15) is 0 Å². The zero-order chi connectivity index (χ0) is 45.3. The van der Waals surface area contributed by atoms with Gasteiger partial charge in [-0.3, -0.25) is 0 Å². The SMILES string of the molecule is c1ccc(-c2c3c4cccc5c6cc(-c7ccc8oc9ccccc9c8c7)ccc6n(c3c(-c3ccccc3)c3c6cccc7c8cc(-c9ccc%10oc%11ccccc%11c%10c9)ccc8n(c23)c76)c54)cc1. The topological polar surface area (TPSA) is 35.1 Å². The second-order valence-corrected chi connectivity index (χ2v) is 19.1. The van der Waals surface area contributed by atoms with Crippen molar-refractivity contribution in [3.05, 3.63) is 218 Å². The van der Waals surface area contributed by atoms with Gasteiger partial charge in [0.05, 0.1) is 33.1 Å². The largest absolute Gasteiger partial charge is 0.456 e. The van der Waals surface area contributed by atoms with E-state index in [1.54, 1.807) is 0 Å². The van der Waals surface area contributed by atoms with Crippen LogP contribution in [0.25, 0.3) is 165 Å². The molecule has 0 atom stereocenters. The van der Waals surface area contributed by atoms with Crippen molar-refractivity contribution in [1.29, 1.82) is 0 Å². The van der Waals surface area contributed by atoms with Crippen molar-refractivity contribution in [3.63, 3.8) is 0 Å². The summed E-state index contributed by atoms with van der Waals surface area (Å²) in [6, 6.07) is 80.1. The molecule has 6 heterocycles. The van der Waals surface area contributed by atoms with Crippen LogP contribution in [-0.4, -0.2) is 8.80 Å². The average molecular weight is 889 g/mol. The standard InChI is InChI=1S/C66H36N2O2/c1-3-13-37(14-4-1)59-61-47-21-11-19-45-50-34-40(42-28-32-58-52(36-42)44-18-8-10-24-56(44)70-58)26-30-54(50)68(63(45)47)66(61)60(38-15-5-2-6-16-38)62-48-22-12-20-46-49-33-39(25-29-53(49)67(64(46)48)65(59)62)41-27-31-57-51(35-41)43-17-7-9-23-55(43)69-57/h1-36H. The number of hydrogen-bond acceptors (Lipinski definition) is 2. The molecule has 17 rings (SSSR count). The van der Waals surface area contributed by atoms with Crippen molar-refractivity contribution in [2.45, 2.75) is 0 Å². The van der Waals surface area contributed by atoms with Crippen LogP contribution >= 0.6 is 0 Å². The fourth-order valence-electron chi connectivity index (χ4n) is 12.6. The van der Waals surface area contributed by atoms with Gasteiger partial charge in [-0.05, 0) is 94.0 Å². The number of nitrogens with zero attached hydrogens (tertiary/aromatic N) is 2. The number of fused-ring (bicyclic) bond motifs is 18. The number of rotatable bonds is 4. The van der Waals surface area contributed by atoms with Gasteiger partial charge in [0, 0.05) is 75.8 Å². The molecule has 0 radical (unpaired) electrons. The molecular formula is C66H36N2O2. The molecule has 17 aromatic rings. The summed E-state index contributed by atoms with van der Waals surface area (Å²) in [6.45, 7) is 0. The number of aromatic nitrogens is 2. The van der Waals surface area contributed by atoms with Crippen LogP contribution in [0.1, 0.15) is 0 Å². The van der Waals surface area contributed by atoms with Crippen LogP contribution in [0.5, 0.6) is 0 Å². The molecule has 0 N–H and O–H groups in total. The minimum absolute atomic E-state index is 0.908. The molecule has 4 nitrogen and oxygen atoms in total. The maximum Gasteiger partial charge on any atom is 0.135 e. The fraction of sp³-hybridized carbons (Fsp3) is 0. The summed E-state index contributed by atoms with van der Waals surface area (Å²) < 4.78 is 17.7. The quantitative estimate of drug-likeness (QED) is 0.176. The lowest BCUT2D eigenvalue weighted by molar-refractivity contribution is 0.668. The van der Waals surface area contributed by atoms with Gasteiger partial charge in [-0.1, -0.05) is 158 Å². The summed E-state index contributed by atoms with van der Waals surface area (Å²) >= 11 is 0. The number of hydrogen-bond donors (Lipinski definition) is 0. The van der Waals surface area contributed by atoms with Crippen LogP contribution in [-0.2, 0) is 0 Å². The monoisotopic (exact) mass is 888 g/mol. The van der Waals surface area contributed by atoms with Gasteiger partial charge in [0.2, 0.25) is 0 Å². The second kappa shape index (κ2) is 13.2. The van der Waals surface area contributed by atoms with Crippen molar-refractivity contribution < 1.29 is 8.83 Å². The smallest absolute Gasteiger partial charge is 0.135 e. The molecule has 11 aromatic carbocycles. The zero-order valence-electron chi connectivity index (χ0n) is 37.5. The van der Waals surface area contributed by atoms with Gasteiger partial charge in [0.25, 0.3) is 0 Å². The number of para-hydroxylation sites is 4. The van der Waals surface area contributed by atoms with E-state index in [1.807, 2.05) is 24.3 Å². The van der Waals surface area contributed by atoms with Crippen molar-refractivity contribution in [1.82, 2.24) is 8.80 Å². The third kappa shape index (κ3) is 4.65. The highest BCUT2D eigenvalue weighted by Gasteiger charge is 2.30. The van der Waals surface area contributed by atoms with E-state index in [9.17, 15) is 0 Å². The Morgan fingerprint density at radius 2 is 0.586 bits per heavy atom. The van der Waals surface area contributed by atoms with Gasteiger partial charge in [-0.15, -0.1) is 0 Å². The highest BCUT2D eigenvalue weighted by Crippen LogP contribution is 2.54. The molecule has 6 aromatic heterocycles. The molecule has 0 amide bonds. The molecule has 0 bridgehead atoms. The summed E-state index contributed by atoms with van der Waals surface area (Å²) in [6.07, 6.45) is 0. The van der Waals surface area contributed by atoms with E-state index in [4.69, 9.17) is 8.83 Å². The Hall–Kier alpha value is -9.38. The molecular weight excluding hydrogens is 853 g/mol. The Morgan fingerprint density at radius 1 is 0.229 bits per heavy atom. The summed E-state index contributed by atoms with van der Waals surface area (Å²) in [5, 5.41) is 14.6. The van der Waals surface area contributed by atoms with Crippen LogP contribution in [0.15, 0.2) is 227 Å². The van der Waals surface area contributed by atoms with E-state index in [0.717, 1.165) is 43.9 Å². The molecule has 0 aliphatic heterocycles. The third-order valence-corrected chi connectivity index (χ3v) is 15.6. The van der Waals surface area contributed by atoms with Crippen LogP contribution in [0.2, 0.25) is 0 Å². The van der Waals surface area contributed by atoms with Crippen LogP contribution in [0.3, 0.4) is 0 Å². The van der Waals surface area contributed by atoms with E-state index < -0.39 is 0 Å². The Morgan fingerprint density at radius 3 is 1.04 bits per heavy atom. The first kappa shape index (κ1) is 36.7. The molecule has 4 heteroatoms. The normalized spacial score (nSPS) is 12.6. The van der Waals surface area contributed by atoms with Gasteiger partial charge in [0.1, 0.15) is 22.3 Å². The van der Waals surface area contributed by atoms with Crippen molar-refractivity contribution in [3.8, 4) is 44.5 Å². The highest BCUT2D eigenvalue weighted by molar-refractivity contribution is 6.38. The lowest BCUT2D eigenvalue weighted by Crippen LogP contribution is -1.93. The fourth-order valence-corrected chi connectivity index (χ4v) is 12.6. The molecule has 0 aliphatic carbocycles. The summed E-state index contributed by atoms with van der Waals surface area (Å²) in [5.74, 6) is 0. The second-order valence-electron chi connectivity index (χ2n) is 19.1. The van der Waals surface area contributed by atoms with Gasteiger partial charge in [-0.25, -0.2) is 0 Å². The van der Waals surface area contributed by atoms with Crippen molar-refractivity contribution >= 4 is 120 Å². The van der Waals surface area contributed by atoms with E-state index in [1.165, 1.54) is 121 Å². The van der Waals surface area contributed by atoms with Gasteiger partial charge >= 0.3 is 0 Å². The first-order valence-corrected chi connectivity index (χ1v) is 24.1. The maximum absolute atomic E-state index is 6.24. The van der Waals surface area contributed by atoms with E-state index in [2.05, 4.69) is 203 Å². The predicted molar refractivity (Wildman–Crippen MR) is 292 cm³/mol. The first-order chi connectivity index (χ1) is 34.7. The number of furan rings is 2. The van der Waals surface area contributed by atoms with Crippen molar-refractivity contribution in [2.24, 2.45) is 0 Å². The van der Waals surface area contributed by atoms with E-state index >= 15 is 0 Å². The average Bonchev–Trinajstić information content (AvgIpc) is 4.27. The van der Waals surface area contributed by atoms with Crippen LogP contribution in [0, 0.1) is 0 Å². The van der Waals surface area contributed by atoms with Crippen LogP contribution in [0.4, 0.5) is 0 Å². The Labute approximate surface area is 398 Å². The Balaban J connectivity index is 0.995. The molecule has 0 saturated heterocycles. The predicted octanol–water partition coefficient (Wildman–Crippen LogP) is 18.5. The minimum Gasteiger partial charge on any atom is -0.456 e. The minimum atomic E-state index is 0.908. The molecule has 322 valence electrons. The highest BCUT2D eigenvalue weighted by atomic mass is 16.3. The molecule has 0 spiro atoms. The molecule has 0 unspecified atom stereocenters. The molecule has 0 aliphatic rings. The summed E-state index contributed by atoms with van der Waals surface area (Å²) in [4.78, 5) is 0. The Kier molecular flexibility index (Phi) is 6.92. The number of benzene rings is 11. The lowest BCUT2D eigenvalue weighted by Gasteiger charge is -2.16. The molecule has 0 fully saturated rings. The van der Waals surface area contributed by atoms with Crippen LogP contribution < -0.4 is 0 Å². The maximum atomic E-state index is 6.24.